The molecule has 0 saturated carbocycles. The van der Waals surface area contributed by atoms with Crippen LogP contribution >= 0.6 is 15.9 Å². The molecule has 2 N–H and O–H groups in total. The summed E-state index contributed by atoms with van der Waals surface area (Å²) in [6.07, 6.45) is 3.03. The van der Waals surface area contributed by atoms with Crippen LogP contribution in [-0.2, 0) is 10.0 Å². The highest BCUT2D eigenvalue weighted by atomic mass is 79.9. The smallest absolute Gasteiger partial charge is 0.241 e. The summed E-state index contributed by atoms with van der Waals surface area (Å²) >= 11 is 3.28. The highest BCUT2D eigenvalue weighted by Gasteiger charge is 2.22. The summed E-state index contributed by atoms with van der Waals surface area (Å²) < 4.78 is 38.3. The Kier molecular flexibility index (Phi) is 6.08. The zero-order chi connectivity index (χ0) is 16.2. The van der Waals surface area contributed by atoms with Crippen LogP contribution in [0.4, 0.5) is 0 Å². The average molecular weight is 393 g/mol. The Balaban J connectivity index is 2.10. The predicted octanol–water partition coefficient (Wildman–Crippen LogP) is 1.89. The summed E-state index contributed by atoms with van der Waals surface area (Å²) in [6, 6.07) is 3.45. The van der Waals surface area contributed by atoms with Crippen molar-refractivity contribution in [1.29, 1.82) is 0 Å². The van der Waals surface area contributed by atoms with Crippen LogP contribution in [0.1, 0.15) is 19.3 Å². The van der Waals surface area contributed by atoms with Crippen LogP contribution < -0.4 is 19.5 Å². The SMILES string of the molecule is COc1cc(Br)c(S(=O)(=O)NCC[C@H]2CCCN2)cc1OC. The normalized spacial score (nSPS) is 18.4. The Hall–Kier alpha value is -0.830. The Morgan fingerprint density at radius 3 is 2.59 bits per heavy atom. The molecule has 0 radical (unpaired) electrons. The average Bonchev–Trinajstić information content (AvgIpc) is 2.99. The molecule has 1 saturated heterocycles. The molecule has 8 heteroatoms. The Labute approximate surface area is 139 Å². The van der Waals surface area contributed by atoms with Crippen LogP contribution in [0.15, 0.2) is 21.5 Å². The van der Waals surface area contributed by atoms with Gasteiger partial charge in [0.05, 0.1) is 14.2 Å². The molecule has 1 atom stereocenters. The van der Waals surface area contributed by atoms with E-state index in [0.29, 0.717) is 28.6 Å². The number of methoxy groups -OCH3 is 2. The van der Waals surface area contributed by atoms with E-state index in [0.717, 1.165) is 25.8 Å². The molecule has 0 amide bonds. The van der Waals surface area contributed by atoms with E-state index >= 15 is 0 Å². The number of halogens is 1. The molecule has 0 bridgehead atoms. The number of sulfonamides is 1. The maximum atomic E-state index is 12.4. The third-order valence-corrected chi connectivity index (χ3v) is 6.09. The lowest BCUT2D eigenvalue weighted by Crippen LogP contribution is -2.30. The minimum absolute atomic E-state index is 0.143. The van der Waals surface area contributed by atoms with Crippen LogP contribution in [0.5, 0.6) is 11.5 Å². The third kappa shape index (κ3) is 4.13. The molecule has 1 aliphatic heterocycles. The minimum atomic E-state index is -3.60. The molecule has 0 spiro atoms. The number of nitrogens with one attached hydrogen (secondary N) is 2. The molecule has 22 heavy (non-hydrogen) atoms. The van der Waals surface area contributed by atoms with Gasteiger partial charge in [0, 0.05) is 23.1 Å². The molecule has 1 aromatic rings. The van der Waals surface area contributed by atoms with Gasteiger partial charge in [-0.05, 0) is 47.8 Å². The summed E-state index contributed by atoms with van der Waals surface area (Å²) in [7, 11) is -0.622. The van der Waals surface area contributed by atoms with Crippen molar-refractivity contribution in [3.8, 4) is 11.5 Å². The van der Waals surface area contributed by atoms with Crippen molar-refractivity contribution in [3.63, 3.8) is 0 Å². The van der Waals surface area contributed by atoms with E-state index in [2.05, 4.69) is 26.0 Å². The van der Waals surface area contributed by atoms with Gasteiger partial charge in [0.2, 0.25) is 10.0 Å². The summed E-state index contributed by atoms with van der Waals surface area (Å²) in [5.41, 5.74) is 0. The molecule has 1 heterocycles. The van der Waals surface area contributed by atoms with Gasteiger partial charge in [-0.2, -0.15) is 0 Å². The van der Waals surface area contributed by atoms with Gasteiger partial charge in [0.25, 0.3) is 0 Å². The number of benzene rings is 1. The zero-order valence-electron chi connectivity index (χ0n) is 12.7. The molecule has 1 fully saturated rings. The molecule has 1 aromatic carbocycles. The first-order chi connectivity index (χ1) is 10.5. The molecular weight excluding hydrogens is 372 g/mol. The number of hydrogen-bond acceptors (Lipinski definition) is 5. The van der Waals surface area contributed by atoms with Crippen molar-refractivity contribution in [3.05, 3.63) is 16.6 Å². The van der Waals surface area contributed by atoms with E-state index in [4.69, 9.17) is 9.47 Å². The predicted molar refractivity (Wildman–Crippen MR) is 88.1 cm³/mol. The van der Waals surface area contributed by atoms with Crippen LogP contribution in [0.25, 0.3) is 0 Å². The minimum Gasteiger partial charge on any atom is -0.493 e. The second-order valence-electron chi connectivity index (χ2n) is 5.12. The maximum Gasteiger partial charge on any atom is 0.241 e. The van der Waals surface area contributed by atoms with Gasteiger partial charge >= 0.3 is 0 Å². The zero-order valence-corrected chi connectivity index (χ0v) is 15.1. The molecule has 0 unspecified atom stereocenters. The fourth-order valence-corrected chi connectivity index (χ4v) is 4.57. The second-order valence-corrected chi connectivity index (χ2v) is 7.71. The van der Waals surface area contributed by atoms with Crippen LogP contribution in [0, 0.1) is 0 Å². The van der Waals surface area contributed by atoms with Crippen molar-refractivity contribution in [2.45, 2.75) is 30.2 Å². The lowest BCUT2D eigenvalue weighted by molar-refractivity contribution is 0.353. The summed E-state index contributed by atoms with van der Waals surface area (Å²) in [5.74, 6) is 0.854. The second kappa shape index (κ2) is 7.63. The number of ether oxygens (including phenoxy) is 2. The van der Waals surface area contributed by atoms with Gasteiger partial charge in [-0.3, -0.25) is 0 Å². The van der Waals surface area contributed by atoms with Crippen molar-refractivity contribution in [1.82, 2.24) is 10.0 Å². The summed E-state index contributed by atoms with van der Waals surface area (Å²) in [5, 5.41) is 3.35. The highest BCUT2D eigenvalue weighted by molar-refractivity contribution is 9.10. The molecule has 1 aliphatic rings. The Morgan fingerprint density at radius 2 is 2.00 bits per heavy atom. The number of rotatable bonds is 7. The van der Waals surface area contributed by atoms with Gasteiger partial charge in [0.15, 0.2) is 11.5 Å². The van der Waals surface area contributed by atoms with Gasteiger partial charge in [0.1, 0.15) is 4.90 Å². The highest BCUT2D eigenvalue weighted by Crippen LogP contribution is 2.35. The largest absolute Gasteiger partial charge is 0.493 e. The van der Waals surface area contributed by atoms with Gasteiger partial charge in [-0.1, -0.05) is 0 Å². The first kappa shape index (κ1) is 17.5. The van der Waals surface area contributed by atoms with Crippen LogP contribution in [-0.4, -0.2) is 41.8 Å². The lowest BCUT2D eigenvalue weighted by Gasteiger charge is -2.14. The van der Waals surface area contributed by atoms with Crippen molar-refractivity contribution in [2.24, 2.45) is 0 Å². The Morgan fingerprint density at radius 1 is 1.32 bits per heavy atom. The van der Waals surface area contributed by atoms with Crippen molar-refractivity contribution < 1.29 is 17.9 Å². The van der Waals surface area contributed by atoms with E-state index < -0.39 is 10.0 Å². The Bertz CT molecular complexity index is 616. The lowest BCUT2D eigenvalue weighted by atomic mass is 10.2. The molecular formula is C14H21BrN2O4S. The van der Waals surface area contributed by atoms with Gasteiger partial charge in [-0.25, -0.2) is 13.1 Å². The van der Waals surface area contributed by atoms with Crippen LogP contribution in [0.2, 0.25) is 0 Å². The third-order valence-electron chi connectivity index (χ3n) is 3.67. The van der Waals surface area contributed by atoms with Gasteiger partial charge < -0.3 is 14.8 Å². The van der Waals surface area contributed by atoms with E-state index in [1.54, 1.807) is 6.07 Å². The fourth-order valence-electron chi connectivity index (χ4n) is 2.49. The molecule has 0 aromatic heterocycles. The first-order valence-corrected chi connectivity index (χ1v) is 9.40. The van der Waals surface area contributed by atoms with E-state index in [9.17, 15) is 8.42 Å². The fraction of sp³-hybridized carbons (Fsp3) is 0.571. The molecule has 124 valence electrons. The summed E-state index contributed by atoms with van der Waals surface area (Å²) in [6.45, 7) is 1.42. The maximum absolute atomic E-state index is 12.4. The van der Waals surface area contributed by atoms with Gasteiger partial charge in [-0.15, -0.1) is 0 Å². The topological polar surface area (TPSA) is 76.7 Å². The van der Waals surface area contributed by atoms with E-state index in [1.807, 2.05) is 0 Å². The quantitative estimate of drug-likeness (QED) is 0.740. The monoisotopic (exact) mass is 392 g/mol. The standard InChI is InChI=1S/C14H21BrN2O4S/c1-20-12-8-11(15)14(9-13(12)21-2)22(18,19)17-7-5-10-4-3-6-16-10/h8-10,16-17H,3-7H2,1-2H3/t10-/m1/s1. The molecule has 2 rings (SSSR count). The summed E-state index contributed by atoms with van der Waals surface area (Å²) in [4.78, 5) is 0.143. The van der Waals surface area contributed by atoms with Crippen molar-refractivity contribution in [2.75, 3.05) is 27.3 Å². The van der Waals surface area contributed by atoms with Crippen LogP contribution in [0.3, 0.4) is 0 Å². The van der Waals surface area contributed by atoms with E-state index in [-0.39, 0.29) is 4.90 Å². The number of hydrogen-bond donors (Lipinski definition) is 2. The first-order valence-electron chi connectivity index (χ1n) is 7.12. The van der Waals surface area contributed by atoms with E-state index in [1.165, 1.54) is 20.3 Å². The molecule has 6 nitrogen and oxygen atoms in total. The van der Waals surface area contributed by atoms with Crippen molar-refractivity contribution >= 4 is 26.0 Å². The molecule has 0 aliphatic carbocycles.